The Hall–Kier alpha value is -2.85. The van der Waals surface area contributed by atoms with Gasteiger partial charge in [-0.3, -0.25) is 4.79 Å². The molecular formula is C18H12ClNO3. The van der Waals surface area contributed by atoms with E-state index in [9.17, 15) is 9.59 Å². The largest absolute Gasteiger partial charge is 0.478 e. The Morgan fingerprint density at radius 3 is 2.43 bits per heavy atom. The molecule has 3 rings (SSSR count). The molecule has 0 fully saturated rings. The SMILES string of the molecule is O=C(O)c1cc(NC(=O)c2cccc3ccccc23)ccc1Cl. The van der Waals surface area contributed by atoms with Crippen molar-refractivity contribution in [3.8, 4) is 0 Å². The predicted octanol–water partition coefficient (Wildman–Crippen LogP) is 4.44. The lowest BCUT2D eigenvalue weighted by Crippen LogP contribution is -2.13. The van der Waals surface area contributed by atoms with Crippen molar-refractivity contribution in [2.24, 2.45) is 0 Å². The molecule has 0 aliphatic heterocycles. The molecule has 3 aromatic carbocycles. The van der Waals surface area contributed by atoms with Gasteiger partial charge < -0.3 is 10.4 Å². The van der Waals surface area contributed by atoms with Crippen LogP contribution >= 0.6 is 11.6 Å². The summed E-state index contributed by atoms with van der Waals surface area (Å²) in [4.78, 5) is 23.6. The third kappa shape index (κ3) is 3.03. The number of nitrogens with one attached hydrogen (secondary N) is 1. The number of benzene rings is 3. The smallest absolute Gasteiger partial charge is 0.337 e. The summed E-state index contributed by atoms with van der Waals surface area (Å²) in [6.07, 6.45) is 0. The minimum atomic E-state index is -1.14. The Morgan fingerprint density at radius 2 is 1.65 bits per heavy atom. The summed E-state index contributed by atoms with van der Waals surface area (Å²) in [6, 6.07) is 17.4. The molecule has 0 saturated carbocycles. The van der Waals surface area contributed by atoms with Crippen molar-refractivity contribution in [2.75, 3.05) is 5.32 Å². The monoisotopic (exact) mass is 325 g/mol. The first kappa shape index (κ1) is 15.1. The van der Waals surface area contributed by atoms with Gasteiger partial charge in [0.15, 0.2) is 0 Å². The lowest BCUT2D eigenvalue weighted by atomic mass is 10.0. The number of carbonyl (C=O) groups excluding carboxylic acids is 1. The average molecular weight is 326 g/mol. The van der Waals surface area contributed by atoms with Gasteiger partial charge in [0, 0.05) is 11.3 Å². The van der Waals surface area contributed by atoms with Crippen LogP contribution in [0.4, 0.5) is 5.69 Å². The van der Waals surface area contributed by atoms with Gasteiger partial charge in [-0.1, -0.05) is 48.0 Å². The number of rotatable bonds is 3. The predicted molar refractivity (Wildman–Crippen MR) is 90.3 cm³/mol. The van der Waals surface area contributed by atoms with Crippen LogP contribution in [0.5, 0.6) is 0 Å². The molecule has 1 amide bonds. The van der Waals surface area contributed by atoms with Crippen molar-refractivity contribution in [1.82, 2.24) is 0 Å². The van der Waals surface area contributed by atoms with Crippen LogP contribution in [-0.2, 0) is 0 Å². The number of anilines is 1. The normalized spacial score (nSPS) is 10.5. The maximum atomic E-state index is 12.5. The maximum absolute atomic E-state index is 12.5. The molecule has 0 aliphatic rings. The van der Waals surface area contributed by atoms with E-state index < -0.39 is 5.97 Å². The zero-order valence-electron chi connectivity index (χ0n) is 11.9. The van der Waals surface area contributed by atoms with E-state index in [0.717, 1.165) is 10.8 Å². The van der Waals surface area contributed by atoms with Crippen molar-refractivity contribution in [2.45, 2.75) is 0 Å². The number of carbonyl (C=O) groups is 2. The van der Waals surface area contributed by atoms with E-state index in [1.807, 2.05) is 36.4 Å². The summed E-state index contributed by atoms with van der Waals surface area (Å²) >= 11 is 5.83. The van der Waals surface area contributed by atoms with Gasteiger partial charge in [-0.25, -0.2) is 4.79 Å². The number of aromatic carboxylic acids is 1. The molecule has 0 unspecified atom stereocenters. The molecule has 3 aromatic rings. The Morgan fingerprint density at radius 1 is 0.913 bits per heavy atom. The number of amides is 1. The van der Waals surface area contributed by atoms with Gasteiger partial charge in [0.1, 0.15) is 0 Å². The highest BCUT2D eigenvalue weighted by atomic mass is 35.5. The first-order chi connectivity index (χ1) is 11.1. The Balaban J connectivity index is 1.95. The fourth-order valence-corrected chi connectivity index (χ4v) is 2.59. The molecule has 0 radical (unpaired) electrons. The number of hydrogen-bond acceptors (Lipinski definition) is 2. The van der Waals surface area contributed by atoms with Gasteiger partial charge >= 0.3 is 5.97 Å². The molecule has 0 saturated heterocycles. The Labute approximate surface area is 137 Å². The van der Waals surface area contributed by atoms with Gasteiger partial charge in [0.05, 0.1) is 10.6 Å². The lowest BCUT2D eigenvalue weighted by Gasteiger charge is -2.09. The van der Waals surface area contributed by atoms with E-state index in [-0.39, 0.29) is 16.5 Å². The van der Waals surface area contributed by atoms with Gasteiger partial charge in [0.2, 0.25) is 0 Å². The maximum Gasteiger partial charge on any atom is 0.337 e. The van der Waals surface area contributed by atoms with Crippen LogP contribution in [0.1, 0.15) is 20.7 Å². The quantitative estimate of drug-likeness (QED) is 0.748. The third-order valence-corrected chi connectivity index (χ3v) is 3.82. The molecule has 23 heavy (non-hydrogen) atoms. The van der Waals surface area contributed by atoms with E-state index in [2.05, 4.69) is 5.32 Å². The highest BCUT2D eigenvalue weighted by Crippen LogP contribution is 2.23. The molecular weight excluding hydrogens is 314 g/mol. The zero-order chi connectivity index (χ0) is 16.4. The van der Waals surface area contributed by atoms with Crippen molar-refractivity contribution < 1.29 is 14.7 Å². The molecule has 0 atom stereocenters. The summed E-state index contributed by atoms with van der Waals surface area (Å²) in [5.74, 6) is -1.45. The van der Waals surface area contributed by atoms with Crippen molar-refractivity contribution >= 4 is 39.9 Å². The molecule has 0 aliphatic carbocycles. The number of fused-ring (bicyclic) bond motifs is 1. The van der Waals surface area contributed by atoms with E-state index >= 15 is 0 Å². The Kier molecular flexibility index (Phi) is 4.00. The minimum Gasteiger partial charge on any atom is -0.478 e. The van der Waals surface area contributed by atoms with Crippen LogP contribution in [-0.4, -0.2) is 17.0 Å². The highest BCUT2D eigenvalue weighted by Gasteiger charge is 2.13. The average Bonchev–Trinajstić information content (AvgIpc) is 2.55. The standard InChI is InChI=1S/C18H12ClNO3/c19-16-9-8-12(10-15(16)18(22)23)20-17(21)14-7-3-5-11-4-1-2-6-13(11)14/h1-10H,(H,20,21)(H,22,23). The molecule has 0 bridgehead atoms. The lowest BCUT2D eigenvalue weighted by molar-refractivity contribution is 0.0696. The second-order valence-corrected chi connectivity index (χ2v) is 5.39. The number of carboxylic acid groups (broad SMARTS) is 1. The molecule has 0 heterocycles. The topological polar surface area (TPSA) is 66.4 Å². The fourth-order valence-electron chi connectivity index (χ4n) is 2.39. The summed E-state index contributed by atoms with van der Waals surface area (Å²) in [7, 11) is 0. The van der Waals surface area contributed by atoms with Crippen molar-refractivity contribution in [3.63, 3.8) is 0 Å². The number of carboxylic acids is 1. The van der Waals surface area contributed by atoms with E-state index in [4.69, 9.17) is 16.7 Å². The van der Waals surface area contributed by atoms with E-state index in [1.54, 1.807) is 12.1 Å². The number of hydrogen-bond donors (Lipinski definition) is 2. The third-order valence-electron chi connectivity index (χ3n) is 3.49. The van der Waals surface area contributed by atoms with Crippen LogP contribution in [0, 0.1) is 0 Å². The van der Waals surface area contributed by atoms with Crippen molar-refractivity contribution in [3.05, 3.63) is 76.8 Å². The van der Waals surface area contributed by atoms with E-state index in [1.165, 1.54) is 12.1 Å². The zero-order valence-corrected chi connectivity index (χ0v) is 12.7. The summed E-state index contributed by atoms with van der Waals surface area (Å²) in [6.45, 7) is 0. The fraction of sp³-hybridized carbons (Fsp3) is 0. The molecule has 4 nitrogen and oxygen atoms in total. The van der Waals surface area contributed by atoms with Crippen LogP contribution in [0.3, 0.4) is 0 Å². The minimum absolute atomic E-state index is 0.0533. The number of halogens is 1. The van der Waals surface area contributed by atoms with E-state index in [0.29, 0.717) is 11.3 Å². The first-order valence-corrected chi connectivity index (χ1v) is 7.26. The molecule has 0 spiro atoms. The highest BCUT2D eigenvalue weighted by molar-refractivity contribution is 6.33. The summed E-state index contributed by atoms with van der Waals surface area (Å²) < 4.78 is 0. The summed E-state index contributed by atoms with van der Waals surface area (Å²) in [5.41, 5.74) is 0.849. The van der Waals surface area contributed by atoms with Crippen LogP contribution in [0.2, 0.25) is 5.02 Å². The summed E-state index contributed by atoms with van der Waals surface area (Å²) in [5, 5.41) is 13.7. The van der Waals surface area contributed by atoms with Crippen LogP contribution in [0.15, 0.2) is 60.7 Å². The molecule has 114 valence electrons. The first-order valence-electron chi connectivity index (χ1n) is 6.88. The van der Waals surface area contributed by atoms with Crippen LogP contribution < -0.4 is 5.32 Å². The van der Waals surface area contributed by atoms with Gasteiger partial charge in [0.25, 0.3) is 5.91 Å². The van der Waals surface area contributed by atoms with Crippen LogP contribution in [0.25, 0.3) is 10.8 Å². The van der Waals surface area contributed by atoms with Gasteiger partial charge in [-0.05, 0) is 35.0 Å². The molecule has 2 N–H and O–H groups in total. The van der Waals surface area contributed by atoms with Crippen molar-refractivity contribution in [1.29, 1.82) is 0 Å². The Bertz CT molecular complexity index is 916. The molecule has 5 heteroatoms. The second kappa shape index (κ2) is 6.10. The van der Waals surface area contributed by atoms with Gasteiger partial charge in [-0.2, -0.15) is 0 Å². The molecule has 0 aromatic heterocycles. The second-order valence-electron chi connectivity index (χ2n) is 4.98. The van der Waals surface area contributed by atoms with Gasteiger partial charge in [-0.15, -0.1) is 0 Å².